The molecule has 2 aliphatic rings. The van der Waals surface area contributed by atoms with Crippen molar-refractivity contribution in [3.63, 3.8) is 0 Å². The lowest BCUT2D eigenvalue weighted by molar-refractivity contribution is 0.142. The summed E-state index contributed by atoms with van der Waals surface area (Å²) in [6.07, 6.45) is 0.711. The van der Waals surface area contributed by atoms with Crippen molar-refractivity contribution in [2.75, 3.05) is 61.6 Å². The molecule has 0 aromatic heterocycles. The second kappa shape index (κ2) is 8.81. The number of anilines is 2. The molecule has 2 saturated heterocycles. The van der Waals surface area contributed by atoms with Crippen LogP contribution in [0.4, 0.5) is 16.2 Å². The standard InChI is InChI=1S/C18H26N4O2S2/c1-20(2)17(25)19-12-16-13-22(18(23)24-16)15-6-4-14(5-7-15)21-8-3-10-26-11-9-21/h4-7,16H,3,8-13H2,1-2H3,(H,19,25). The minimum atomic E-state index is -0.300. The van der Waals surface area contributed by atoms with Gasteiger partial charge in [0.1, 0.15) is 6.10 Å². The molecule has 2 heterocycles. The predicted molar refractivity (Wildman–Crippen MR) is 112 cm³/mol. The first-order chi connectivity index (χ1) is 12.5. The lowest BCUT2D eigenvalue weighted by Gasteiger charge is -2.23. The molecule has 6 nitrogen and oxygen atoms in total. The normalized spacial score (nSPS) is 20.5. The van der Waals surface area contributed by atoms with Gasteiger partial charge in [0.25, 0.3) is 0 Å². The van der Waals surface area contributed by atoms with Crippen LogP contribution in [0.15, 0.2) is 24.3 Å². The van der Waals surface area contributed by atoms with Crippen molar-refractivity contribution in [1.29, 1.82) is 0 Å². The van der Waals surface area contributed by atoms with Gasteiger partial charge in [-0.3, -0.25) is 4.90 Å². The lowest BCUT2D eigenvalue weighted by Crippen LogP contribution is -2.40. The Balaban J connectivity index is 1.58. The van der Waals surface area contributed by atoms with Crippen LogP contribution in [0.5, 0.6) is 0 Å². The van der Waals surface area contributed by atoms with Crippen LogP contribution < -0.4 is 15.1 Å². The highest BCUT2D eigenvalue weighted by atomic mass is 32.2. The second-order valence-electron chi connectivity index (χ2n) is 6.67. The Morgan fingerprint density at radius 1 is 1.27 bits per heavy atom. The maximum Gasteiger partial charge on any atom is 0.414 e. The van der Waals surface area contributed by atoms with Gasteiger partial charge in [0.2, 0.25) is 0 Å². The number of carbonyl (C=O) groups excluding carboxylic acids is 1. The van der Waals surface area contributed by atoms with Crippen molar-refractivity contribution < 1.29 is 9.53 Å². The zero-order chi connectivity index (χ0) is 18.5. The number of amides is 1. The Morgan fingerprint density at radius 3 is 2.73 bits per heavy atom. The average molecular weight is 395 g/mol. The van der Waals surface area contributed by atoms with E-state index >= 15 is 0 Å². The Hall–Kier alpha value is -1.67. The van der Waals surface area contributed by atoms with Crippen molar-refractivity contribution >= 4 is 46.6 Å². The van der Waals surface area contributed by atoms with E-state index in [2.05, 4.69) is 22.3 Å². The molecule has 8 heteroatoms. The topological polar surface area (TPSA) is 48.0 Å². The highest BCUT2D eigenvalue weighted by Crippen LogP contribution is 2.26. The summed E-state index contributed by atoms with van der Waals surface area (Å²) in [4.78, 5) is 18.1. The van der Waals surface area contributed by atoms with Crippen molar-refractivity contribution in [3.8, 4) is 0 Å². The number of nitrogens with one attached hydrogen (secondary N) is 1. The fraction of sp³-hybridized carbons (Fsp3) is 0.556. The smallest absolute Gasteiger partial charge is 0.414 e. The summed E-state index contributed by atoms with van der Waals surface area (Å²) < 4.78 is 5.45. The van der Waals surface area contributed by atoms with Gasteiger partial charge in [-0.05, 0) is 48.7 Å². The van der Waals surface area contributed by atoms with Crippen molar-refractivity contribution in [3.05, 3.63) is 24.3 Å². The number of rotatable bonds is 4. The van der Waals surface area contributed by atoms with E-state index in [1.165, 1.54) is 23.6 Å². The Bertz CT molecular complexity index is 631. The molecular formula is C18H26N4O2S2. The highest BCUT2D eigenvalue weighted by molar-refractivity contribution is 7.99. The lowest BCUT2D eigenvalue weighted by atomic mass is 10.2. The van der Waals surface area contributed by atoms with Gasteiger partial charge < -0.3 is 19.9 Å². The van der Waals surface area contributed by atoms with E-state index in [0.717, 1.165) is 18.8 Å². The number of carbonyl (C=O) groups is 1. The molecule has 0 bridgehead atoms. The van der Waals surface area contributed by atoms with Crippen molar-refractivity contribution in [2.45, 2.75) is 12.5 Å². The van der Waals surface area contributed by atoms with Gasteiger partial charge in [-0.15, -0.1) is 0 Å². The van der Waals surface area contributed by atoms with E-state index in [-0.39, 0.29) is 12.2 Å². The van der Waals surface area contributed by atoms with Crippen LogP contribution in [0.2, 0.25) is 0 Å². The van der Waals surface area contributed by atoms with Crippen LogP contribution >= 0.6 is 24.0 Å². The number of thioether (sulfide) groups is 1. The first-order valence-corrected chi connectivity index (χ1v) is 10.5. The van der Waals surface area contributed by atoms with E-state index in [4.69, 9.17) is 17.0 Å². The van der Waals surface area contributed by atoms with Gasteiger partial charge >= 0.3 is 6.09 Å². The minimum Gasteiger partial charge on any atom is -0.442 e. The van der Waals surface area contributed by atoms with Crippen LogP contribution in [0, 0.1) is 0 Å². The van der Waals surface area contributed by atoms with Gasteiger partial charge in [-0.25, -0.2) is 4.79 Å². The van der Waals surface area contributed by atoms with Crippen LogP contribution in [-0.4, -0.2) is 74.0 Å². The van der Waals surface area contributed by atoms with Crippen LogP contribution in [0.25, 0.3) is 0 Å². The Kier molecular flexibility index (Phi) is 6.48. The molecule has 1 aromatic rings. The number of hydrogen-bond acceptors (Lipinski definition) is 5. The first-order valence-electron chi connectivity index (χ1n) is 8.90. The molecular weight excluding hydrogens is 368 g/mol. The fourth-order valence-corrected chi connectivity index (χ4v) is 4.02. The number of ether oxygens (including phenoxy) is 1. The number of nitrogens with zero attached hydrogens (tertiary/aromatic N) is 3. The van der Waals surface area contributed by atoms with Gasteiger partial charge in [-0.2, -0.15) is 11.8 Å². The summed E-state index contributed by atoms with van der Waals surface area (Å²) in [6, 6.07) is 8.22. The summed E-state index contributed by atoms with van der Waals surface area (Å²) in [5.74, 6) is 2.41. The van der Waals surface area contributed by atoms with Crippen LogP contribution in [-0.2, 0) is 4.74 Å². The van der Waals surface area contributed by atoms with E-state index in [1.54, 1.807) is 4.90 Å². The third-order valence-electron chi connectivity index (χ3n) is 4.51. The molecule has 1 amide bonds. The second-order valence-corrected chi connectivity index (χ2v) is 8.28. The van der Waals surface area contributed by atoms with E-state index in [9.17, 15) is 4.79 Å². The molecule has 26 heavy (non-hydrogen) atoms. The molecule has 1 N–H and O–H groups in total. The molecule has 0 radical (unpaired) electrons. The molecule has 2 fully saturated rings. The van der Waals surface area contributed by atoms with Crippen LogP contribution in [0.3, 0.4) is 0 Å². The predicted octanol–water partition coefficient (Wildman–Crippen LogP) is 2.39. The van der Waals surface area contributed by atoms with E-state index in [0.29, 0.717) is 18.2 Å². The largest absolute Gasteiger partial charge is 0.442 e. The number of cyclic esters (lactones) is 1. The van der Waals surface area contributed by atoms with Crippen LogP contribution in [0.1, 0.15) is 6.42 Å². The quantitative estimate of drug-likeness (QED) is 0.787. The molecule has 0 spiro atoms. The fourth-order valence-electron chi connectivity index (χ4n) is 3.05. The maximum absolute atomic E-state index is 12.2. The third-order valence-corrected chi connectivity index (χ3v) is 6.07. The zero-order valence-corrected chi connectivity index (χ0v) is 16.9. The molecule has 1 unspecified atom stereocenters. The van der Waals surface area contributed by atoms with Gasteiger partial charge in [0.15, 0.2) is 5.11 Å². The number of benzene rings is 1. The Labute approximate surface area is 164 Å². The molecule has 142 valence electrons. The molecule has 3 rings (SSSR count). The van der Waals surface area contributed by atoms with E-state index < -0.39 is 0 Å². The third kappa shape index (κ3) is 4.73. The summed E-state index contributed by atoms with van der Waals surface area (Å²) in [5.41, 5.74) is 2.10. The number of hydrogen-bond donors (Lipinski definition) is 1. The monoisotopic (exact) mass is 394 g/mol. The first kappa shape index (κ1) is 19.1. The summed E-state index contributed by atoms with van der Waals surface area (Å²) in [7, 11) is 3.76. The van der Waals surface area contributed by atoms with E-state index in [1.807, 2.05) is 42.9 Å². The summed E-state index contributed by atoms with van der Waals surface area (Å²) in [5, 5.41) is 3.76. The van der Waals surface area contributed by atoms with Crippen molar-refractivity contribution in [2.24, 2.45) is 0 Å². The maximum atomic E-state index is 12.2. The molecule has 2 aliphatic heterocycles. The highest BCUT2D eigenvalue weighted by Gasteiger charge is 2.32. The Morgan fingerprint density at radius 2 is 2.00 bits per heavy atom. The van der Waals surface area contributed by atoms with Crippen molar-refractivity contribution in [1.82, 2.24) is 10.2 Å². The SMILES string of the molecule is CN(C)C(=S)NCC1CN(c2ccc(N3CCCSCC3)cc2)C(=O)O1. The zero-order valence-electron chi connectivity index (χ0n) is 15.3. The van der Waals surface area contributed by atoms with Gasteiger partial charge in [-0.1, -0.05) is 0 Å². The molecule has 0 aliphatic carbocycles. The number of thiocarbonyl (C=S) groups is 1. The minimum absolute atomic E-state index is 0.206. The average Bonchev–Trinajstić information content (AvgIpc) is 2.84. The van der Waals surface area contributed by atoms with Gasteiger partial charge in [0.05, 0.1) is 13.1 Å². The summed E-state index contributed by atoms with van der Waals surface area (Å²) in [6.45, 7) is 3.22. The summed E-state index contributed by atoms with van der Waals surface area (Å²) >= 11 is 7.22. The molecule has 1 aromatic carbocycles. The molecule has 0 saturated carbocycles. The van der Waals surface area contributed by atoms with Gasteiger partial charge in [0, 0.05) is 44.3 Å². The molecule has 1 atom stereocenters.